The fourth-order valence-corrected chi connectivity index (χ4v) is 8.01. The minimum absolute atomic E-state index is 0.00576. The molecule has 3 saturated heterocycles. The number of likely N-dealkylation sites (tertiary alicyclic amines) is 2. The number of nitrogens with one attached hydrogen (secondary N) is 2. The van der Waals surface area contributed by atoms with Gasteiger partial charge < -0.3 is 35.4 Å². The number of hydrogen-bond donors (Lipinski definition) is 4. The summed E-state index contributed by atoms with van der Waals surface area (Å²) in [5, 5.41) is 40.1. The second-order valence-electron chi connectivity index (χ2n) is 15.3. The van der Waals surface area contributed by atoms with Crippen LogP contribution >= 0.6 is 0 Å². The zero-order valence-electron chi connectivity index (χ0n) is 29.6. The summed E-state index contributed by atoms with van der Waals surface area (Å²) in [5.74, 6) is -0.934. The van der Waals surface area contributed by atoms with Crippen molar-refractivity contribution in [1.29, 1.82) is 0 Å². The maximum Gasteiger partial charge on any atom is 0.271 e. The van der Waals surface area contributed by atoms with Gasteiger partial charge in [0.05, 0.1) is 23.1 Å². The SMILES string of the molecule is CNC(=O)[C@@H]1C[C@@H](O)CN1C(=O)[C@H](C(C)C)[n+]1cc(C2CC2)n(CNC(=O)[C@@H]2C[C@@H](O)CN2C(=O)[C@H](C2CCOCC2)n2cc(C3CC3)nn2)n1. The predicted molar refractivity (Wildman–Crippen MR) is 177 cm³/mol. The fraction of sp³-hybridized carbons (Fsp3) is 0.765. The van der Waals surface area contributed by atoms with E-state index in [0.717, 1.165) is 37.1 Å². The maximum absolute atomic E-state index is 14.4. The molecule has 17 nitrogen and oxygen atoms in total. The molecular weight excluding hydrogens is 660 g/mol. The molecule has 4 amide bonds. The summed E-state index contributed by atoms with van der Waals surface area (Å²) >= 11 is 0. The van der Waals surface area contributed by atoms with Gasteiger partial charge in [-0.25, -0.2) is 4.68 Å². The van der Waals surface area contributed by atoms with Crippen molar-refractivity contribution in [3.8, 4) is 0 Å². The van der Waals surface area contributed by atoms with Crippen LogP contribution in [0.4, 0.5) is 0 Å². The van der Waals surface area contributed by atoms with E-state index in [0.29, 0.717) is 32.0 Å². The lowest BCUT2D eigenvalue weighted by atomic mass is 9.90. The molecule has 0 radical (unpaired) electrons. The average molecular weight is 712 g/mol. The van der Waals surface area contributed by atoms with Crippen LogP contribution in [0, 0.1) is 11.8 Å². The van der Waals surface area contributed by atoms with E-state index in [1.54, 1.807) is 14.0 Å². The number of aromatic nitrogens is 6. The Kier molecular flexibility index (Phi) is 10.1. The summed E-state index contributed by atoms with van der Waals surface area (Å²) in [4.78, 5) is 57.7. The molecule has 7 rings (SSSR count). The summed E-state index contributed by atoms with van der Waals surface area (Å²) in [6.45, 7) is 4.99. The van der Waals surface area contributed by atoms with Crippen molar-refractivity contribution in [1.82, 2.24) is 45.3 Å². The molecule has 17 heteroatoms. The number of amides is 4. The molecule has 0 bridgehead atoms. The Morgan fingerprint density at radius 1 is 0.922 bits per heavy atom. The van der Waals surface area contributed by atoms with E-state index >= 15 is 0 Å². The summed E-state index contributed by atoms with van der Waals surface area (Å²) in [6.07, 6.45) is 7.70. The number of hydrogen-bond acceptors (Lipinski definition) is 10. The van der Waals surface area contributed by atoms with Gasteiger partial charge in [0.15, 0.2) is 18.6 Å². The van der Waals surface area contributed by atoms with E-state index < -0.39 is 42.3 Å². The molecule has 5 fully saturated rings. The summed E-state index contributed by atoms with van der Waals surface area (Å²) in [7, 11) is 1.51. The van der Waals surface area contributed by atoms with Crippen molar-refractivity contribution in [2.45, 2.75) is 120 Å². The van der Waals surface area contributed by atoms with E-state index in [-0.39, 0.29) is 68.1 Å². The Labute approximate surface area is 296 Å². The number of carbonyl (C=O) groups is 4. The number of nitrogens with zero attached hydrogens (tertiary/aromatic N) is 8. The molecule has 0 unspecified atom stereocenters. The van der Waals surface area contributed by atoms with Crippen LogP contribution < -0.4 is 15.3 Å². The fourth-order valence-electron chi connectivity index (χ4n) is 8.01. The van der Waals surface area contributed by atoms with Crippen LogP contribution in [0.5, 0.6) is 0 Å². The zero-order valence-corrected chi connectivity index (χ0v) is 29.6. The summed E-state index contributed by atoms with van der Waals surface area (Å²) in [6, 6.07) is -3.06. The molecule has 0 spiro atoms. The van der Waals surface area contributed by atoms with E-state index in [1.165, 1.54) is 16.8 Å². The topological polar surface area (TPSA) is 201 Å². The third-order valence-corrected chi connectivity index (χ3v) is 11.1. The lowest BCUT2D eigenvalue weighted by molar-refractivity contribution is -0.772. The Bertz CT molecular complexity index is 1610. The van der Waals surface area contributed by atoms with Crippen molar-refractivity contribution in [2.24, 2.45) is 11.8 Å². The number of likely N-dealkylation sites (N-methyl/N-ethyl adjacent to an activating group) is 1. The van der Waals surface area contributed by atoms with Crippen molar-refractivity contribution in [2.75, 3.05) is 33.4 Å². The van der Waals surface area contributed by atoms with Gasteiger partial charge in [0.2, 0.25) is 23.8 Å². The van der Waals surface area contributed by atoms with Gasteiger partial charge in [-0.3, -0.25) is 19.2 Å². The molecule has 0 aromatic carbocycles. The Morgan fingerprint density at radius 3 is 2.16 bits per heavy atom. The highest BCUT2D eigenvalue weighted by Gasteiger charge is 2.47. The number of carbonyl (C=O) groups excluding carboxylic acids is 4. The quantitative estimate of drug-likeness (QED) is 0.201. The normalized spacial score (nSPS) is 26.8. The molecule has 2 aromatic heterocycles. The number of ether oxygens (including phenoxy) is 1. The highest BCUT2D eigenvalue weighted by Crippen LogP contribution is 2.41. The molecule has 5 aliphatic rings. The van der Waals surface area contributed by atoms with Crippen molar-refractivity contribution in [3.63, 3.8) is 0 Å². The summed E-state index contributed by atoms with van der Waals surface area (Å²) in [5.41, 5.74) is 1.75. The lowest BCUT2D eigenvalue weighted by Crippen LogP contribution is -2.56. The first-order chi connectivity index (χ1) is 24.5. The Hall–Kier alpha value is -3.96. The number of β-amino-alcohol motifs (C(OH)–C–C–N with tert-alkyl or cyclic N) is 2. The second kappa shape index (κ2) is 14.6. The van der Waals surface area contributed by atoms with Gasteiger partial charge in [0.1, 0.15) is 18.1 Å². The van der Waals surface area contributed by atoms with Gasteiger partial charge in [0, 0.05) is 70.1 Å². The van der Waals surface area contributed by atoms with Crippen LogP contribution in [0.1, 0.15) is 101 Å². The van der Waals surface area contributed by atoms with E-state index in [4.69, 9.17) is 9.95 Å². The van der Waals surface area contributed by atoms with Crippen molar-refractivity contribution in [3.05, 3.63) is 23.8 Å². The van der Waals surface area contributed by atoms with Gasteiger partial charge in [-0.05, 0) is 44.4 Å². The van der Waals surface area contributed by atoms with Gasteiger partial charge in [0.25, 0.3) is 5.91 Å². The van der Waals surface area contributed by atoms with Gasteiger partial charge >= 0.3 is 0 Å². The van der Waals surface area contributed by atoms with E-state index in [9.17, 15) is 29.4 Å². The first-order valence-corrected chi connectivity index (χ1v) is 18.5. The molecule has 2 aromatic rings. The number of rotatable bonds is 12. The average Bonchev–Trinajstić information content (AvgIpc) is 3.97. The molecular formula is C34H51N10O7+. The lowest BCUT2D eigenvalue weighted by Gasteiger charge is -2.33. The standard InChI is InChI=1S/C34H50N10O7/c1-19(2)29(33(49)40-14-23(45)12-26(40)31(47)35-3)43-17-28(21-6-7-21)44(39-43)18-36-32(48)27-13-24(46)15-41(27)34(50)30(22-8-10-51-11-9-22)42-16-25(37-38-42)20-4-5-20/h16-17,19-24,26-27,29-30,45-46H,4-15,18H2,1-3H3,(H-,35,36,47,48)/p+1/t23-,24-,26+,27+,29+,30+/m1/s1. The predicted octanol–water partition coefficient (Wildman–Crippen LogP) is -0.875. The third-order valence-electron chi connectivity index (χ3n) is 11.1. The molecule has 6 atom stereocenters. The minimum atomic E-state index is -0.887. The molecule has 51 heavy (non-hydrogen) atoms. The second-order valence-corrected chi connectivity index (χ2v) is 15.3. The van der Waals surface area contributed by atoms with Gasteiger partial charge in [-0.1, -0.05) is 19.1 Å². The van der Waals surface area contributed by atoms with Crippen LogP contribution in [0.2, 0.25) is 0 Å². The van der Waals surface area contributed by atoms with E-state index in [1.807, 2.05) is 26.2 Å². The van der Waals surface area contributed by atoms with Crippen LogP contribution in [-0.2, 0) is 30.6 Å². The third kappa shape index (κ3) is 7.37. The first kappa shape index (κ1) is 35.4. The van der Waals surface area contributed by atoms with Gasteiger partial charge in [-0.15, -0.1) is 14.5 Å². The highest BCUT2D eigenvalue weighted by molar-refractivity contribution is 5.90. The van der Waals surface area contributed by atoms with Crippen molar-refractivity contribution < 1.29 is 38.8 Å². The highest BCUT2D eigenvalue weighted by atomic mass is 16.5. The van der Waals surface area contributed by atoms with Crippen LogP contribution in [0.15, 0.2) is 12.4 Å². The monoisotopic (exact) mass is 711 g/mol. The van der Waals surface area contributed by atoms with Crippen LogP contribution in [0.25, 0.3) is 0 Å². The number of aliphatic hydroxyl groups excluding tert-OH is 2. The summed E-state index contributed by atoms with van der Waals surface area (Å²) < 4.78 is 10.5. The van der Waals surface area contributed by atoms with Crippen molar-refractivity contribution >= 4 is 23.6 Å². The van der Waals surface area contributed by atoms with E-state index in [2.05, 4.69) is 20.9 Å². The van der Waals surface area contributed by atoms with Crippen LogP contribution in [0.3, 0.4) is 0 Å². The maximum atomic E-state index is 14.4. The number of aliphatic hydroxyl groups is 2. The Balaban J connectivity index is 1.08. The molecule has 2 saturated carbocycles. The Morgan fingerprint density at radius 2 is 1.55 bits per heavy atom. The molecule has 4 N–H and O–H groups in total. The molecule has 278 valence electrons. The van der Waals surface area contributed by atoms with Gasteiger partial charge in [-0.2, -0.15) is 0 Å². The molecule has 3 aliphatic heterocycles. The molecule has 2 aliphatic carbocycles. The minimum Gasteiger partial charge on any atom is -0.391 e. The van der Waals surface area contributed by atoms with Crippen LogP contribution in [-0.4, -0.2) is 126 Å². The first-order valence-electron chi connectivity index (χ1n) is 18.5. The largest absolute Gasteiger partial charge is 0.391 e. The molecule has 5 heterocycles. The smallest absolute Gasteiger partial charge is 0.271 e. The zero-order chi connectivity index (χ0) is 36.0.